The van der Waals surface area contributed by atoms with Gasteiger partial charge in [0.1, 0.15) is 12.2 Å². The molecule has 0 aromatic heterocycles. The van der Waals surface area contributed by atoms with Gasteiger partial charge in [0.2, 0.25) is 20.8 Å². The van der Waals surface area contributed by atoms with Gasteiger partial charge in [0.05, 0.1) is 12.2 Å². The number of hydrogen-bond donors (Lipinski definition) is 2. The summed E-state index contributed by atoms with van der Waals surface area (Å²) in [6.45, 7) is 19.5. The Morgan fingerprint density at radius 3 is 1.15 bits per heavy atom. The van der Waals surface area contributed by atoms with Gasteiger partial charge in [-0.3, -0.25) is 8.37 Å². The Labute approximate surface area is 369 Å². The zero-order valence-corrected chi connectivity index (χ0v) is 39.7. The molecule has 14 heteroatoms. The third-order valence-electron chi connectivity index (χ3n) is 10.1. The summed E-state index contributed by atoms with van der Waals surface area (Å²) in [5.74, 6) is -0.997. The molecule has 0 saturated heterocycles. The molecule has 0 amide bonds. The maximum absolute atomic E-state index is 11.2. The third kappa shape index (κ3) is 18.3. The molecule has 2 fully saturated rings. The summed E-state index contributed by atoms with van der Waals surface area (Å²) in [7, 11) is -9.87. The van der Waals surface area contributed by atoms with Crippen molar-refractivity contribution in [3.63, 3.8) is 0 Å². The van der Waals surface area contributed by atoms with E-state index in [0.29, 0.717) is 12.8 Å². The van der Waals surface area contributed by atoms with Gasteiger partial charge in [-0.2, -0.15) is 0 Å². The smallest absolute Gasteiger partial charge is 0.726 e. The Morgan fingerprint density at radius 1 is 0.574 bits per heavy atom. The Balaban J connectivity index is 0.0000140. The number of allylic oxidation sites excluding steroid dienone is 18. The maximum Gasteiger partial charge on any atom is 1.00 e. The second kappa shape index (κ2) is 23.0. The van der Waals surface area contributed by atoms with Crippen LogP contribution in [0, 0.1) is 34.5 Å². The van der Waals surface area contributed by atoms with Crippen LogP contribution in [0.4, 0.5) is 0 Å². The van der Waals surface area contributed by atoms with E-state index in [1.807, 2.05) is 140 Å². The van der Waals surface area contributed by atoms with E-state index < -0.39 is 45.2 Å². The van der Waals surface area contributed by atoms with E-state index in [9.17, 15) is 36.2 Å². The molecule has 292 valence electrons. The van der Waals surface area contributed by atoms with E-state index in [2.05, 4.69) is 0 Å². The molecule has 10 nitrogen and oxygen atoms in total. The van der Waals surface area contributed by atoms with E-state index in [1.54, 1.807) is 13.8 Å². The van der Waals surface area contributed by atoms with Crippen LogP contribution in [0.2, 0.25) is 0 Å². The molecule has 2 saturated carbocycles. The average molecular weight is 809 g/mol. The van der Waals surface area contributed by atoms with Gasteiger partial charge in [-0.15, -0.1) is 0 Å². The van der Waals surface area contributed by atoms with E-state index in [-0.39, 0.29) is 93.6 Å². The van der Waals surface area contributed by atoms with Crippen LogP contribution in [0.3, 0.4) is 0 Å². The topological polar surface area (TPSA) is 173 Å². The van der Waals surface area contributed by atoms with E-state index in [1.165, 1.54) is 0 Å². The first-order valence-electron chi connectivity index (χ1n) is 17.6. The molecule has 2 N–H and O–H groups in total. The fourth-order valence-electron chi connectivity index (χ4n) is 7.41. The van der Waals surface area contributed by atoms with Crippen LogP contribution >= 0.6 is 0 Å². The first kappa shape index (κ1) is 53.3. The van der Waals surface area contributed by atoms with Crippen LogP contribution in [0.15, 0.2) is 107 Å². The van der Waals surface area contributed by atoms with Crippen molar-refractivity contribution in [2.24, 2.45) is 34.5 Å². The number of aliphatic hydroxyl groups is 2. The van der Waals surface area contributed by atoms with Crippen molar-refractivity contribution in [2.75, 3.05) is 0 Å². The first-order valence-corrected chi connectivity index (χ1v) is 20.2. The molecule has 2 aliphatic rings. The molecule has 54 heavy (non-hydrogen) atoms. The molecule has 0 radical (unpaired) electrons. The Morgan fingerprint density at radius 2 is 0.852 bits per heavy atom. The Hall–Kier alpha value is -0.680. The van der Waals surface area contributed by atoms with Crippen LogP contribution in [-0.2, 0) is 29.2 Å². The SMILES string of the molecule is CC(/C=C/C=C(C)/C=C/[C@@H]1[C@@H](C)[C@H](OS(=O)(=O)[O-])[C@H](O)CC1(C)C)=C\C=C\C=C(C)\C=C\C=C(C)\C=C\[C@@H]1[C@@H](C)[C@H](OS(=O)(=O)[O-])[C@H](O)CC1(C)C.[Na+].[Na+]. The molecule has 0 aromatic rings. The third-order valence-corrected chi connectivity index (χ3v) is 11.0. The van der Waals surface area contributed by atoms with Gasteiger partial charge < -0.3 is 19.3 Å². The van der Waals surface area contributed by atoms with Gasteiger partial charge in [0.25, 0.3) is 0 Å². The van der Waals surface area contributed by atoms with Crippen molar-refractivity contribution < 1.29 is 104 Å². The van der Waals surface area contributed by atoms with Crippen LogP contribution in [0.25, 0.3) is 0 Å². The molecule has 8 atom stereocenters. The summed E-state index contributed by atoms with van der Waals surface area (Å²) >= 11 is 0. The van der Waals surface area contributed by atoms with Crippen LogP contribution in [0.1, 0.15) is 82.1 Å². The monoisotopic (exact) mass is 808 g/mol. The molecular weight excluding hydrogens is 751 g/mol. The molecule has 2 rings (SSSR count). The number of aliphatic hydroxyl groups excluding tert-OH is 2. The maximum atomic E-state index is 11.2. The van der Waals surface area contributed by atoms with Crippen LogP contribution in [0.5, 0.6) is 0 Å². The van der Waals surface area contributed by atoms with E-state index in [4.69, 9.17) is 8.37 Å². The summed E-state index contributed by atoms with van der Waals surface area (Å²) in [4.78, 5) is 0. The molecule has 0 unspecified atom stereocenters. The second-order valence-electron chi connectivity index (χ2n) is 15.7. The molecular formula is C40H58Na2O10S2. The standard InChI is InChI=1S/C40H60O10S2.2Na/c1-27(17-13-19-29(3)21-23-33-31(5)37(49-51(43,44)45)35(41)25-39(33,7)8)15-11-12-16-28(2)18-14-20-30(4)22-24-34-32(6)38(50-52(46,47)48)36(42)26-40(34,9)10;;/h11-24,31-38,41-42H,25-26H2,1-10H3,(H,43,44,45)(H,46,47,48);;/q;2*+1/p-2/b12-11+,17-13+,18-14+,23-21+,24-22+,27-15+,28-16+,29-19+,30-20+;;/t31-,32-,33-,34-,35-,36-,37+,38+;;/m1../s1. The average Bonchev–Trinajstić information content (AvgIpc) is 2.97. The molecule has 2 aliphatic carbocycles. The van der Waals surface area contributed by atoms with E-state index in [0.717, 1.165) is 22.3 Å². The molecule has 0 bridgehead atoms. The van der Waals surface area contributed by atoms with Gasteiger partial charge in [-0.05, 0) is 75.0 Å². The minimum atomic E-state index is -4.94. The second-order valence-corrected chi connectivity index (χ2v) is 17.7. The van der Waals surface area contributed by atoms with Crippen molar-refractivity contribution in [1.29, 1.82) is 0 Å². The summed E-state index contributed by atoms with van der Waals surface area (Å²) in [6, 6.07) is 0. The predicted octanol–water partition coefficient (Wildman–Crippen LogP) is 1.34. The molecule has 0 spiro atoms. The van der Waals surface area contributed by atoms with E-state index >= 15 is 0 Å². The minimum Gasteiger partial charge on any atom is -0.726 e. The number of hydrogen-bond acceptors (Lipinski definition) is 10. The van der Waals surface area contributed by atoms with Gasteiger partial charge >= 0.3 is 59.1 Å². The van der Waals surface area contributed by atoms with Crippen molar-refractivity contribution in [3.05, 3.63) is 107 Å². The van der Waals surface area contributed by atoms with Gasteiger partial charge in [0, 0.05) is 0 Å². The molecule has 0 aliphatic heterocycles. The van der Waals surface area contributed by atoms with Gasteiger partial charge in [-0.25, -0.2) is 16.8 Å². The minimum absolute atomic E-state index is 0. The zero-order chi connectivity index (χ0) is 39.7. The number of rotatable bonds is 14. The quantitative estimate of drug-likeness (QED) is 0.113. The van der Waals surface area contributed by atoms with Crippen molar-refractivity contribution >= 4 is 20.8 Å². The Bertz CT molecular complexity index is 1610. The fraction of sp³-hybridized carbons (Fsp3) is 0.550. The molecule has 0 heterocycles. The van der Waals surface area contributed by atoms with Crippen LogP contribution in [-0.4, -0.2) is 60.6 Å². The van der Waals surface area contributed by atoms with Crippen molar-refractivity contribution in [2.45, 2.75) is 106 Å². The summed E-state index contributed by atoms with van der Waals surface area (Å²) in [5, 5.41) is 20.9. The fourth-order valence-corrected chi connectivity index (χ4v) is 8.57. The molecule has 0 aromatic carbocycles. The van der Waals surface area contributed by atoms with Crippen molar-refractivity contribution in [3.8, 4) is 0 Å². The Kier molecular flexibility index (Phi) is 22.8. The van der Waals surface area contributed by atoms with Gasteiger partial charge in [-0.1, -0.05) is 149 Å². The largest absolute Gasteiger partial charge is 1.00 e. The first-order chi connectivity index (χ1) is 23.8. The summed E-state index contributed by atoms with van der Waals surface area (Å²) < 4.78 is 76.7. The van der Waals surface area contributed by atoms with Crippen molar-refractivity contribution in [1.82, 2.24) is 0 Å². The summed E-state index contributed by atoms with van der Waals surface area (Å²) in [5.41, 5.74) is 3.41. The summed E-state index contributed by atoms with van der Waals surface area (Å²) in [6.07, 6.45) is 24.0. The predicted molar refractivity (Wildman–Crippen MR) is 204 cm³/mol. The normalized spacial score (nSPS) is 30.4. The van der Waals surface area contributed by atoms with Gasteiger partial charge in [0.15, 0.2) is 0 Å². The zero-order valence-electron chi connectivity index (χ0n) is 34.1. The van der Waals surface area contributed by atoms with Crippen LogP contribution < -0.4 is 59.1 Å².